The quantitative estimate of drug-likeness (QED) is 0.295. The Morgan fingerprint density at radius 1 is 1.22 bits per heavy atom. The van der Waals surface area contributed by atoms with Crippen LogP contribution in [0.3, 0.4) is 0 Å². The van der Waals surface area contributed by atoms with Crippen molar-refractivity contribution in [3.05, 3.63) is 12.2 Å². The van der Waals surface area contributed by atoms with Crippen LogP contribution in [0.1, 0.15) is 34.6 Å². The molecule has 106 valence electrons. The summed E-state index contributed by atoms with van der Waals surface area (Å²) in [5.41, 5.74) is 0.0808. The van der Waals surface area contributed by atoms with E-state index in [4.69, 9.17) is 13.8 Å². The number of rotatable bonds is 8. The van der Waals surface area contributed by atoms with Crippen LogP contribution in [0.25, 0.3) is 0 Å². The van der Waals surface area contributed by atoms with Crippen LogP contribution in [0.4, 0.5) is 0 Å². The third kappa shape index (κ3) is 6.34. The first-order valence-electron chi connectivity index (χ1n) is 5.94. The van der Waals surface area contributed by atoms with E-state index in [-0.39, 0.29) is 25.0 Å². The van der Waals surface area contributed by atoms with Gasteiger partial charge in [0.05, 0.1) is 18.4 Å². The number of esters is 1. The van der Waals surface area contributed by atoms with Crippen molar-refractivity contribution in [2.75, 3.05) is 13.2 Å². The van der Waals surface area contributed by atoms with Crippen LogP contribution in [-0.2, 0) is 23.1 Å². The van der Waals surface area contributed by atoms with Crippen molar-refractivity contribution in [3.8, 4) is 0 Å². The van der Waals surface area contributed by atoms with Gasteiger partial charge in [0.15, 0.2) is 0 Å². The molecule has 1 unspecified atom stereocenters. The molecule has 0 saturated carbocycles. The van der Waals surface area contributed by atoms with E-state index in [1.54, 1.807) is 34.6 Å². The summed E-state index contributed by atoms with van der Waals surface area (Å²) in [5.74, 6) is -0.484. The molecule has 6 heteroatoms. The molecule has 0 heterocycles. The maximum atomic E-state index is 12.3. The van der Waals surface area contributed by atoms with Gasteiger partial charge in [-0.25, -0.2) is 4.79 Å². The van der Waals surface area contributed by atoms with E-state index in [0.29, 0.717) is 5.57 Å². The smallest absolute Gasteiger partial charge is 0.333 e. The molecular formula is C12H23O5P. The molecule has 5 nitrogen and oxygen atoms in total. The first kappa shape index (κ1) is 17.4. The molecule has 0 saturated heterocycles. The Morgan fingerprint density at radius 2 is 1.78 bits per heavy atom. The number of ether oxygens (including phenoxy) is 1. The fraction of sp³-hybridized carbons (Fsp3) is 0.750. The highest BCUT2D eigenvalue weighted by molar-refractivity contribution is 7.54. The topological polar surface area (TPSA) is 61.8 Å². The molecule has 0 aromatic carbocycles. The van der Waals surface area contributed by atoms with Gasteiger partial charge in [-0.1, -0.05) is 20.4 Å². The first-order chi connectivity index (χ1) is 8.19. The molecule has 0 spiro atoms. The molecule has 0 aliphatic heterocycles. The number of carbonyl (C=O) groups excluding carboxylic acids is 1. The van der Waals surface area contributed by atoms with E-state index in [9.17, 15) is 9.36 Å². The molecule has 0 aromatic heterocycles. The maximum absolute atomic E-state index is 12.3. The van der Waals surface area contributed by atoms with Crippen molar-refractivity contribution in [3.63, 3.8) is 0 Å². The van der Waals surface area contributed by atoms with Crippen LogP contribution < -0.4 is 0 Å². The lowest BCUT2D eigenvalue weighted by Crippen LogP contribution is -2.15. The summed E-state index contributed by atoms with van der Waals surface area (Å²) in [7, 11) is -3.14. The zero-order valence-corrected chi connectivity index (χ0v) is 12.7. The molecule has 0 aromatic rings. The van der Waals surface area contributed by atoms with Crippen molar-refractivity contribution >= 4 is 13.6 Å². The van der Waals surface area contributed by atoms with Crippen LogP contribution in [0, 0.1) is 0 Å². The van der Waals surface area contributed by atoms with E-state index >= 15 is 0 Å². The van der Waals surface area contributed by atoms with Crippen LogP contribution in [-0.4, -0.2) is 30.9 Å². The minimum atomic E-state index is -3.14. The summed E-state index contributed by atoms with van der Waals surface area (Å²) in [6, 6.07) is 0. The minimum Gasteiger partial charge on any atom is -0.460 e. The molecule has 0 rings (SSSR count). The molecule has 1 atom stereocenters. The lowest BCUT2D eigenvalue weighted by molar-refractivity contribution is -0.139. The van der Waals surface area contributed by atoms with Crippen LogP contribution >= 0.6 is 7.60 Å². The van der Waals surface area contributed by atoms with Gasteiger partial charge in [0.1, 0.15) is 6.61 Å². The van der Waals surface area contributed by atoms with Crippen LogP contribution in [0.15, 0.2) is 12.2 Å². The Bertz CT molecular complexity index is 335. The second-order valence-corrected chi connectivity index (χ2v) is 7.12. The Morgan fingerprint density at radius 3 is 2.17 bits per heavy atom. The molecule has 0 bridgehead atoms. The van der Waals surface area contributed by atoms with Gasteiger partial charge in [-0.15, -0.1) is 0 Å². The minimum absolute atomic E-state index is 0.0316. The van der Waals surface area contributed by atoms with E-state index in [0.717, 1.165) is 0 Å². The second-order valence-electron chi connectivity index (χ2n) is 4.54. The summed E-state index contributed by atoms with van der Waals surface area (Å²) in [6.07, 6.45) is -0.184. The lowest BCUT2D eigenvalue weighted by Gasteiger charge is -2.23. The van der Waals surface area contributed by atoms with Gasteiger partial charge < -0.3 is 13.8 Å². The van der Waals surface area contributed by atoms with Crippen molar-refractivity contribution in [2.45, 2.75) is 46.4 Å². The van der Waals surface area contributed by atoms with Gasteiger partial charge in [0, 0.05) is 5.57 Å². The van der Waals surface area contributed by atoms with Gasteiger partial charge in [-0.05, 0) is 20.8 Å². The van der Waals surface area contributed by atoms with Gasteiger partial charge >= 0.3 is 13.6 Å². The number of carbonyl (C=O) groups is 1. The standard InChI is InChI=1S/C12H23O5P/c1-9(2)12(13)15-7-8-16-18(14,11(5)6)17-10(3)4/h10-11H,1,7-8H2,2-6H3. The van der Waals surface area contributed by atoms with E-state index in [2.05, 4.69) is 6.58 Å². The third-order valence-electron chi connectivity index (χ3n) is 1.93. The summed E-state index contributed by atoms with van der Waals surface area (Å²) in [4.78, 5) is 11.1. The molecule has 0 aliphatic carbocycles. The summed E-state index contributed by atoms with van der Waals surface area (Å²) in [5, 5.41) is 0. The predicted molar refractivity (Wildman–Crippen MR) is 70.7 cm³/mol. The van der Waals surface area contributed by atoms with Crippen molar-refractivity contribution in [1.82, 2.24) is 0 Å². The highest BCUT2D eigenvalue weighted by atomic mass is 31.2. The highest BCUT2D eigenvalue weighted by Gasteiger charge is 2.30. The molecule has 0 aliphatic rings. The average Bonchev–Trinajstić information content (AvgIpc) is 2.22. The summed E-state index contributed by atoms with van der Waals surface area (Å²) < 4.78 is 27.7. The summed E-state index contributed by atoms with van der Waals surface area (Å²) in [6.45, 7) is 12.2. The zero-order chi connectivity index (χ0) is 14.3. The maximum Gasteiger partial charge on any atom is 0.333 e. The molecule has 18 heavy (non-hydrogen) atoms. The van der Waals surface area contributed by atoms with E-state index in [1.807, 2.05) is 0 Å². The van der Waals surface area contributed by atoms with Crippen LogP contribution in [0.5, 0.6) is 0 Å². The molecule has 0 N–H and O–H groups in total. The van der Waals surface area contributed by atoms with Gasteiger partial charge in [0.25, 0.3) is 0 Å². The molecule has 0 radical (unpaired) electrons. The van der Waals surface area contributed by atoms with E-state index in [1.165, 1.54) is 0 Å². The van der Waals surface area contributed by atoms with E-state index < -0.39 is 13.6 Å². The van der Waals surface area contributed by atoms with Gasteiger partial charge in [0.2, 0.25) is 0 Å². The van der Waals surface area contributed by atoms with Crippen LogP contribution in [0.2, 0.25) is 0 Å². The molecule has 0 amide bonds. The van der Waals surface area contributed by atoms with Crippen molar-refractivity contribution in [2.24, 2.45) is 0 Å². The summed E-state index contributed by atoms with van der Waals surface area (Å²) >= 11 is 0. The zero-order valence-electron chi connectivity index (χ0n) is 11.8. The highest BCUT2D eigenvalue weighted by Crippen LogP contribution is 2.53. The second kappa shape index (κ2) is 7.72. The number of hydrogen-bond acceptors (Lipinski definition) is 5. The Hall–Kier alpha value is -0.640. The van der Waals surface area contributed by atoms with Crippen molar-refractivity contribution in [1.29, 1.82) is 0 Å². The molecular weight excluding hydrogens is 255 g/mol. The fourth-order valence-electron chi connectivity index (χ4n) is 1.02. The SMILES string of the molecule is C=C(C)C(=O)OCCOP(=O)(OC(C)C)C(C)C. The van der Waals surface area contributed by atoms with Gasteiger partial charge in [-0.2, -0.15) is 0 Å². The first-order valence-corrected chi connectivity index (χ1v) is 7.55. The Labute approximate surface area is 109 Å². The lowest BCUT2D eigenvalue weighted by atomic mass is 10.4. The Balaban J connectivity index is 4.18. The number of hydrogen-bond donors (Lipinski definition) is 0. The third-order valence-corrected chi connectivity index (χ3v) is 4.45. The Kier molecular flexibility index (Phi) is 7.45. The van der Waals surface area contributed by atoms with Gasteiger partial charge in [-0.3, -0.25) is 4.57 Å². The molecule has 0 fully saturated rings. The predicted octanol–water partition coefficient (Wildman–Crippen LogP) is 3.15. The monoisotopic (exact) mass is 278 g/mol. The fourth-order valence-corrected chi connectivity index (χ4v) is 2.54. The normalized spacial score (nSPS) is 14.6. The average molecular weight is 278 g/mol. The van der Waals surface area contributed by atoms with Crippen molar-refractivity contribution < 1.29 is 23.1 Å². The largest absolute Gasteiger partial charge is 0.460 e.